The Labute approximate surface area is 229 Å². The lowest BCUT2D eigenvalue weighted by molar-refractivity contribution is -0.137. The van der Waals surface area contributed by atoms with Gasteiger partial charge in [0, 0.05) is 31.5 Å². The number of hydrogen-bond acceptors (Lipinski definition) is 7. The van der Waals surface area contributed by atoms with Gasteiger partial charge in [-0.15, -0.1) is 10.2 Å². The van der Waals surface area contributed by atoms with Gasteiger partial charge in [-0.05, 0) is 42.2 Å². The number of alkyl halides is 3. The van der Waals surface area contributed by atoms with Gasteiger partial charge >= 0.3 is 6.18 Å². The molecule has 0 saturated heterocycles. The quantitative estimate of drug-likeness (QED) is 0.304. The summed E-state index contributed by atoms with van der Waals surface area (Å²) in [6.07, 6.45) is -3.45. The lowest BCUT2D eigenvalue weighted by atomic mass is 10.1. The van der Waals surface area contributed by atoms with E-state index in [4.69, 9.17) is 9.47 Å². The van der Waals surface area contributed by atoms with Gasteiger partial charge in [0.1, 0.15) is 5.01 Å². The normalized spacial score (nSPS) is 11.4. The van der Waals surface area contributed by atoms with Crippen molar-refractivity contribution in [3.05, 3.63) is 53.6 Å². The largest absolute Gasteiger partial charge is 0.493 e. The summed E-state index contributed by atoms with van der Waals surface area (Å²) in [5, 5.41) is 11.2. The molecule has 210 valence electrons. The average molecular weight is 565 g/mol. The SMILES string of the molecule is COc1ccc(CCN(CCC(=O)Nc2nnc(-c3ccc(C(F)(F)F)cc3)s2)C(=O)CC(C)C)cc1OC. The molecule has 2 aromatic carbocycles. The minimum absolute atomic E-state index is 0.0428. The molecule has 2 amide bonds. The Hall–Kier alpha value is -3.67. The first-order chi connectivity index (χ1) is 18.5. The Bertz CT molecular complexity index is 1260. The predicted molar refractivity (Wildman–Crippen MR) is 143 cm³/mol. The van der Waals surface area contributed by atoms with Gasteiger partial charge in [-0.1, -0.05) is 43.4 Å². The number of carbonyl (C=O) groups is 2. The average Bonchev–Trinajstić information content (AvgIpc) is 3.35. The fraction of sp³-hybridized carbons (Fsp3) is 0.407. The molecular weight excluding hydrogens is 533 g/mol. The number of halogens is 3. The van der Waals surface area contributed by atoms with Crippen molar-refractivity contribution >= 4 is 28.3 Å². The summed E-state index contributed by atoms with van der Waals surface area (Å²) in [5.41, 5.74) is 0.665. The third-order valence-electron chi connectivity index (χ3n) is 5.79. The van der Waals surface area contributed by atoms with E-state index in [2.05, 4.69) is 15.5 Å². The van der Waals surface area contributed by atoms with Crippen LogP contribution >= 0.6 is 11.3 Å². The number of nitrogens with zero attached hydrogens (tertiary/aromatic N) is 3. The van der Waals surface area contributed by atoms with Crippen molar-refractivity contribution in [2.75, 3.05) is 32.6 Å². The smallest absolute Gasteiger partial charge is 0.416 e. The van der Waals surface area contributed by atoms with Gasteiger partial charge in [0.2, 0.25) is 16.9 Å². The highest BCUT2D eigenvalue weighted by Gasteiger charge is 2.30. The Balaban J connectivity index is 1.60. The van der Waals surface area contributed by atoms with Crippen molar-refractivity contribution in [3.63, 3.8) is 0 Å². The number of anilines is 1. The predicted octanol–water partition coefficient (Wildman–Crippen LogP) is 5.69. The number of ether oxygens (including phenoxy) is 2. The van der Waals surface area contributed by atoms with E-state index in [1.165, 1.54) is 12.1 Å². The van der Waals surface area contributed by atoms with E-state index >= 15 is 0 Å². The summed E-state index contributed by atoms with van der Waals surface area (Å²) >= 11 is 1.05. The van der Waals surface area contributed by atoms with Crippen LogP contribution in [0.25, 0.3) is 10.6 Å². The van der Waals surface area contributed by atoms with Gasteiger partial charge in [0.15, 0.2) is 11.5 Å². The number of hydrogen-bond donors (Lipinski definition) is 1. The van der Waals surface area contributed by atoms with Crippen molar-refractivity contribution < 1.29 is 32.2 Å². The highest BCUT2D eigenvalue weighted by atomic mass is 32.1. The van der Waals surface area contributed by atoms with E-state index in [0.29, 0.717) is 41.5 Å². The van der Waals surface area contributed by atoms with E-state index in [9.17, 15) is 22.8 Å². The Morgan fingerprint density at radius 1 is 1.00 bits per heavy atom. The first-order valence-electron chi connectivity index (χ1n) is 12.3. The van der Waals surface area contributed by atoms with Crippen LogP contribution in [0.15, 0.2) is 42.5 Å². The molecule has 0 aliphatic carbocycles. The van der Waals surface area contributed by atoms with Crippen molar-refractivity contribution in [1.82, 2.24) is 15.1 Å². The van der Waals surface area contributed by atoms with E-state index < -0.39 is 11.7 Å². The molecule has 0 aliphatic rings. The van der Waals surface area contributed by atoms with Gasteiger partial charge in [0.05, 0.1) is 19.8 Å². The molecule has 1 heterocycles. The molecule has 39 heavy (non-hydrogen) atoms. The van der Waals surface area contributed by atoms with Gasteiger partial charge in [-0.2, -0.15) is 13.2 Å². The molecule has 0 spiro atoms. The van der Waals surface area contributed by atoms with Crippen LogP contribution in [0.1, 0.15) is 37.8 Å². The Morgan fingerprint density at radius 3 is 2.31 bits per heavy atom. The lowest BCUT2D eigenvalue weighted by Crippen LogP contribution is -2.36. The molecule has 0 aliphatic heterocycles. The molecule has 1 N–H and O–H groups in total. The topological polar surface area (TPSA) is 93.6 Å². The summed E-state index contributed by atoms with van der Waals surface area (Å²) in [4.78, 5) is 27.2. The second kappa shape index (κ2) is 13.4. The zero-order valence-corrected chi connectivity index (χ0v) is 23.0. The number of amides is 2. The standard InChI is InChI=1S/C27H31F3N4O4S/c1-17(2)15-24(36)34(13-11-18-5-10-21(37-3)22(16-18)38-4)14-12-23(35)31-26-33-32-25(39-26)19-6-8-20(9-7-19)27(28,29)30/h5-10,16-17H,11-15H2,1-4H3,(H,31,33,35). The molecule has 12 heteroatoms. The molecule has 0 fully saturated rings. The van der Waals surface area contributed by atoms with E-state index in [0.717, 1.165) is 29.0 Å². The molecule has 0 unspecified atom stereocenters. The van der Waals surface area contributed by atoms with E-state index in [1.807, 2.05) is 32.0 Å². The Kier molecular flexibility index (Phi) is 10.3. The fourth-order valence-corrected chi connectivity index (χ4v) is 4.52. The summed E-state index contributed by atoms with van der Waals surface area (Å²) in [6, 6.07) is 10.1. The van der Waals surface area contributed by atoms with Crippen LogP contribution in [0.2, 0.25) is 0 Å². The number of carbonyl (C=O) groups excluding carboxylic acids is 2. The highest BCUT2D eigenvalue weighted by Crippen LogP contribution is 2.32. The van der Waals surface area contributed by atoms with Crippen LogP contribution in [0.4, 0.5) is 18.3 Å². The number of rotatable bonds is 12. The second-order valence-corrected chi connectivity index (χ2v) is 10.2. The minimum atomic E-state index is -4.43. The lowest BCUT2D eigenvalue weighted by Gasteiger charge is -2.23. The van der Waals surface area contributed by atoms with Crippen molar-refractivity contribution in [2.45, 2.75) is 39.3 Å². The molecule has 0 radical (unpaired) electrons. The highest BCUT2D eigenvalue weighted by molar-refractivity contribution is 7.18. The number of benzene rings is 2. The minimum Gasteiger partial charge on any atom is -0.493 e. The molecular formula is C27H31F3N4O4S. The molecule has 3 aromatic rings. The monoisotopic (exact) mass is 564 g/mol. The van der Waals surface area contributed by atoms with Gasteiger partial charge in [-0.3, -0.25) is 9.59 Å². The van der Waals surface area contributed by atoms with Crippen LogP contribution in [0.5, 0.6) is 11.5 Å². The van der Waals surface area contributed by atoms with Crippen LogP contribution in [0, 0.1) is 5.92 Å². The molecule has 0 saturated carbocycles. The van der Waals surface area contributed by atoms with Crippen LogP contribution in [-0.4, -0.2) is 54.2 Å². The van der Waals surface area contributed by atoms with Crippen LogP contribution in [0.3, 0.4) is 0 Å². The summed E-state index contributed by atoms with van der Waals surface area (Å²) in [5.74, 6) is 0.989. The molecule has 0 atom stereocenters. The second-order valence-electron chi connectivity index (χ2n) is 9.20. The first kappa shape index (κ1) is 29.9. The number of methoxy groups -OCH3 is 2. The summed E-state index contributed by atoms with van der Waals surface area (Å²) in [6.45, 7) is 4.56. The fourth-order valence-electron chi connectivity index (χ4n) is 3.75. The molecule has 3 rings (SSSR count). The molecule has 0 bridgehead atoms. The van der Waals surface area contributed by atoms with Crippen molar-refractivity contribution in [1.29, 1.82) is 0 Å². The van der Waals surface area contributed by atoms with Crippen molar-refractivity contribution in [2.24, 2.45) is 5.92 Å². The maximum atomic E-state index is 12.9. The van der Waals surface area contributed by atoms with Gasteiger partial charge in [0.25, 0.3) is 0 Å². The van der Waals surface area contributed by atoms with Crippen LogP contribution < -0.4 is 14.8 Å². The molecule has 8 nitrogen and oxygen atoms in total. The maximum absolute atomic E-state index is 12.9. The zero-order valence-electron chi connectivity index (χ0n) is 22.2. The van der Waals surface area contributed by atoms with E-state index in [1.54, 1.807) is 19.1 Å². The third kappa shape index (κ3) is 8.67. The number of nitrogens with one attached hydrogen (secondary N) is 1. The zero-order chi connectivity index (χ0) is 28.6. The van der Waals surface area contributed by atoms with Gasteiger partial charge in [-0.25, -0.2) is 0 Å². The van der Waals surface area contributed by atoms with Crippen LogP contribution in [-0.2, 0) is 22.2 Å². The molecule has 1 aromatic heterocycles. The maximum Gasteiger partial charge on any atom is 0.416 e. The first-order valence-corrected chi connectivity index (χ1v) is 13.1. The van der Waals surface area contributed by atoms with Gasteiger partial charge < -0.3 is 19.7 Å². The summed E-state index contributed by atoms with van der Waals surface area (Å²) < 4.78 is 49.0. The van der Waals surface area contributed by atoms with E-state index in [-0.39, 0.29) is 35.8 Å². The van der Waals surface area contributed by atoms with Crippen molar-refractivity contribution in [3.8, 4) is 22.1 Å². The third-order valence-corrected chi connectivity index (χ3v) is 6.68. The summed E-state index contributed by atoms with van der Waals surface area (Å²) in [7, 11) is 3.12. The Morgan fingerprint density at radius 2 is 1.69 bits per heavy atom. The number of aromatic nitrogens is 2.